The Morgan fingerprint density at radius 3 is 1.85 bits per heavy atom. The van der Waals surface area contributed by atoms with Crippen LogP contribution in [0, 0.1) is 0 Å². The molecule has 0 atom stereocenters. The second-order valence-corrected chi connectivity index (χ2v) is 11.9. The summed E-state index contributed by atoms with van der Waals surface area (Å²) in [5.74, 6) is 1.70. The van der Waals surface area contributed by atoms with Crippen LogP contribution in [-0.4, -0.2) is 19.9 Å². The van der Waals surface area contributed by atoms with Crippen LogP contribution in [0.4, 0.5) is 0 Å². The highest BCUT2D eigenvalue weighted by Crippen LogP contribution is 2.41. The fourth-order valence-corrected chi connectivity index (χ4v) is 6.78. The van der Waals surface area contributed by atoms with Gasteiger partial charge in [-0.25, -0.2) is 15.0 Å². The van der Waals surface area contributed by atoms with E-state index < -0.39 is 0 Å². The molecule has 6 heteroatoms. The molecule has 48 heavy (non-hydrogen) atoms. The molecule has 6 aromatic carbocycles. The molecule has 0 aliphatic rings. The Hall–Kier alpha value is -6.66. The van der Waals surface area contributed by atoms with Gasteiger partial charge in [0.25, 0.3) is 0 Å². The molecule has 0 fully saturated rings. The van der Waals surface area contributed by atoms with E-state index in [4.69, 9.17) is 28.8 Å². The van der Waals surface area contributed by atoms with Gasteiger partial charge in [0.15, 0.2) is 17.5 Å². The maximum absolute atomic E-state index is 6.61. The molecule has 0 bridgehead atoms. The summed E-state index contributed by atoms with van der Waals surface area (Å²) in [7, 11) is 0. The molecule has 0 saturated carbocycles. The SMILES string of the molecule is c1ccc(-c2nc(-c3cccc4oc5ccccc5c34)nc(-c3cccc4oc5c(-c6ccc7ccccc7c6)cncc5c34)n2)cc1. The van der Waals surface area contributed by atoms with Crippen LogP contribution in [0.25, 0.3) is 99.9 Å². The molecule has 0 saturated heterocycles. The van der Waals surface area contributed by atoms with Gasteiger partial charge in [-0.1, -0.05) is 109 Å². The number of benzene rings is 6. The lowest BCUT2D eigenvalue weighted by Gasteiger charge is -2.10. The summed E-state index contributed by atoms with van der Waals surface area (Å²) < 4.78 is 12.8. The van der Waals surface area contributed by atoms with Gasteiger partial charge in [-0.15, -0.1) is 0 Å². The highest BCUT2D eigenvalue weighted by Gasteiger charge is 2.21. The highest BCUT2D eigenvalue weighted by molar-refractivity contribution is 6.15. The number of hydrogen-bond donors (Lipinski definition) is 0. The standard InChI is InChI=1S/C42H24N4O2/c1-2-11-26(12-3-1)40-44-41(30-15-8-18-35-37(30)29-14-6-7-17-34(29)47-35)46-42(45-40)31-16-9-19-36-38(31)33-24-43-23-32(39(33)48-36)28-21-20-25-10-4-5-13-27(25)22-28/h1-24H. The fourth-order valence-electron chi connectivity index (χ4n) is 6.78. The van der Waals surface area contributed by atoms with Crippen LogP contribution in [0.15, 0.2) is 155 Å². The third kappa shape index (κ3) is 4.13. The molecule has 0 N–H and O–H groups in total. The Kier molecular flexibility index (Phi) is 5.77. The van der Waals surface area contributed by atoms with E-state index in [-0.39, 0.29) is 0 Å². The molecular formula is C42H24N4O2. The van der Waals surface area contributed by atoms with E-state index in [1.807, 2.05) is 97.3 Å². The molecule has 224 valence electrons. The van der Waals surface area contributed by atoms with Crippen LogP contribution < -0.4 is 0 Å². The third-order valence-corrected chi connectivity index (χ3v) is 9.02. The van der Waals surface area contributed by atoms with E-state index in [2.05, 4.69) is 48.5 Å². The summed E-state index contributed by atoms with van der Waals surface area (Å²) in [5.41, 5.74) is 7.71. The maximum atomic E-state index is 6.61. The Labute approximate surface area is 274 Å². The smallest absolute Gasteiger partial charge is 0.164 e. The number of aromatic nitrogens is 4. The normalized spacial score (nSPS) is 11.8. The van der Waals surface area contributed by atoms with Crippen molar-refractivity contribution in [2.45, 2.75) is 0 Å². The van der Waals surface area contributed by atoms with Gasteiger partial charge in [0.1, 0.15) is 22.3 Å². The van der Waals surface area contributed by atoms with Crippen molar-refractivity contribution in [2.75, 3.05) is 0 Å². The minimum absolute atomic E-state index is 0.549. The Balaban J connectivity index is 1.23. The molecule has 0 spiro atoms. The molecule has 0 unspecified atom stereocenters. The van der Waals surface area contributed by atoms with Crippen LogP contribution in [0.1, 0.15) is 0 Å². The largest absolute Gasteiger partial charge is 0.456 e. The van der Waals surface area contributed by atoms with E-state index in [1.165, 1.54) is 5.39 Å². The van der Waals surface area contributed by atoms with Gasteiger partial charge in [-0.05, 0) is 40.6 Å². The minimum Gasteiger partial charge on any atom is -0.456 e. The monoisotopic (exact) mass is 616 g/mol. The first-order valence-electron chi connectivity index (χ1n) is 15.8. The lowest BCUT2D eigenvalue weighted by atomic mass is 10.00. The number of rotatable bonds is 4. The molecule has 0 radical (unpaired) electrons. The van der Waals surface area contributed by atoms with Gasteiger partial charge >= 0.3 is 0 Å². The first-order chi connectivity index (χ1) is 23.8. The molecule has 4 aromatic heterocycles. The van der Waals surface area contributed by atoms with Crippen LogP contribution >= 0.6 is 0 Å². The van der Waals surface area contributed by atoms with Gasteiger partial charge in [0.2, 0.25) is 0 Å². The topological polar surface area (TPSA) is 77.8 Å². The van der Waals surface area contributed by atoms with Crippen molar-refractivity contribution in [2.24, 2.45) is 0 Å². The molecule has 10 aromatic rings. The van der Waals surface area contributed by atoms with Crippen molar-refractivity contribution < 1.29 is 8.83 Å². The third-order valence-electron chi connectivity index (χ3n) is 9.02. The van der Waals surface area contributed by atoms with Crippen LogP contribution in [0.5, 0.6) is 0 Å². The summed E-state index contributed by atoms with van der Waals surface area (Å²) in [4.78, 5) is 20.0. The molecule has 0 amide bonds. The van der Waals surface area contributed by atoms with E-state index in [0.29, 0.717) is 17.5 Å². The molecule has 4 heterocycles. The summed E-state index contributed by atoms with van der Waals surface area (Å²) >= 11 is 0. The van der Waals surface area contributed by atoms with E-state index in [9.17, 15) is 0 Å². The van der Waals surface area contributed by atoms with Crippen molar-refractivity contribution in [3.05, 3.63) is 146 Å². The first-order valence-corrected chi connectivity index (χ1v) is 15.8. The van der Waals surface area contributed by atoms with Crippen molar-refractivity contribution in [1.82, 2.24) is 19.9 Å². The maximum Gasteiger partial charge on any atom is 0.164 e. The van der Waals surface area contributed by atoms with Crippen LogP contribution in [-0.2, 0) is 0 Å². The quantitative estimate of drug-likeness (QED) is 0.196. The molecule has 0 aliphatic carbocycles. The summed E-state index contributed by atoms with van der Waals surface area (Å²) in [6.07, 6.45) is 3.74. The highest BCUT2D eigenvalue weighted by atomic mass is 16.3. The van der Waals surface area contributed by atoms with E-state index in [0.717, 1.165) is 77.1 Å². The lowest BCUT2D eigenvalue weighted by molar-refractivity contribution is 0.669. The van der Waals surface area contributed by atoms with Crippen molar-refractivity contribution in [3.8, 4) is 45.3 Å². The lowest BCUT2D eigenvalue weighted by Crippen LogP contribution is -2.00. The summed E-state index contributed by atoms with van der Waals surface area (Å²) in [5, 5.41) is 6.15. The Morgan fingerprint density at radius 1 is 0.396 bits per heavy atom. The van der Waals surface area contributed by atoms with Crippen molar-refractivity contribution in [1.29, 1.82) is 0 Å². The number of furan rings is 2. The van der Waals surface area contributed by atoms with Crippen LogP contribution in [0.3, 0.4) is 0 Å². The van der Waals surface area contributed by atoms with Gasteiger partial charge in [0, 0.05) is 56.2 Å². The Morgan fingerprint density at radius 2 is 1.04 bits per heavy atom. The number of pyridine rings is 1. The second-order valence-electron chi connectivity index (χ2n) is 11.9. The predicted molar refractivity (Wildman–Crippen MR) is 191 cm³/mol. The molecule has 0 aliphatic heterocycles. The number of para-hydroxylation sites is 1. The van der Waals surface area contributed by atoms with Crippen molar-refractivity contribution >= 4 is 54.6 Å². The number of fused-ring (bicyclic) bond motifs is 7. The van der Waals surface area contributed by atoms with Crippen molar-refractivity contribution in [3.63, 3.8) is 0 Å². The fraction of sp³-hybridized carbons (Fsp3) is 0. The van der Waals surface area contributed by atoms with Crippen LogP contribution in [0.2, 0.25) is 0 Å². The van der Waals surface area contributed by atoms with Gasteiger partial charge in [-0.3, -0.25) is 4.98 Å². The van der Waals surface area contributed by atoms with Gasteiger partial charge in [-0.2, -0.15) is 0 Å². The Bertz CT molecular complexity index is 2850. The first kappa shape index (κ1) is 26.5. The van der Waals surface area contributed by atoms with Gasteiger partial charge < -0.3 is 8.83 Å². The zero-order chi connectivity index (χ0) is 31.6. The zero-order valence-electron chi connectivity index (χ0n) is 25.5. The van der Waals surface area contributed by atoms with Gasteiger partial charge in [0.05, 0.1) is 0 Å². The molecular weight excluding hydrogens is 592 g/mol. The van der Waals surface area contributed by atoms with E-state index in [1.54, 1.807) is 0 Å². The predicted octanol–water partition coefficient (Wildman–Crippen LogP) is 10.9. The minimum atomic E-state index is 0.549. The molecule has 10 rings (SSSR count). The number of nitrogens with zero attached hydrogens (tertiary/aromatic N) is 4. The molecule has 6 nitrogen and oxygen atoms in total. The second kappa shape index (κ2) is 10.4. The zero-order valence-corrected chi connectivity index (χ0v) is 25.5. The number of hydrogen-bond acceptors (Lipinski definition) is 6. The summed E-state index contributed by atoms with van der Waals surface area (Å²) in [6.45, 7) is 0. The summed E-state index contributed by atoms with van der Waals surface area (Å²) in [6, 6.07) is 44.9. The van der Waals surface area contributed by atoms with E-state index >= 15 is 0 Å². The average Bonchev–Trinajstić information content (AvgIpc) is 3.73. The average molecular weight is 617 g/mol.